The Morgan fingerprint density at radius 2 is 1.79 bits per heavy atom. The number of benzene rings is 2. The average molecular weight is 405 g/mol. The van der Waals surface area contributed by atoms with E-state index in [0.29, 0.717) is 0 Å². The van der Waals surface area contributed by atoms with Crippen LogP contribution >= 0.6 is 0 Å². The van der Waals surface area contributed by atoms with Crippen molar-refractivity contribution in [3.05, 3.63) is 59.4 Å². The molecule has 1 N–H and O–H groups in total. The van der Waals surface area contributed by atoms with Crippen LogP contribution in [0.2, 0.25) is 0 Å². The molecule has 0 spiro atoms. The van der Waals surface area contributed by atoms with E-state index in [0.717, 1.165) is 6.07 Å². The molecule has 28 heavy (non-hydrogen) atoms. The first kappa shape index (κ1) is 21.1. The van der Waals surface area contributed by atoms with E-state index < -0.39 is 34.2 Å². The van der Waals surface area contributed by atoms with Gasteiger partial charge in [0, 0.05) is 5.56 Å². The first-order valence-electron chi connectivity index (χ1n) is 7.85. The topological polar surface area (TPSA) is 98.8 Å². The second kappa shape index (κ2) is 9.12. The summed E-state index contributed by atoms with van der Waals surface area (Å²) in [5, 5.41) is 0. The number of sulfonamides is 1. The average Bonchev–Trinajstić information content (AvgIpc) is 2.70. The summed E-state index contributed by atoms with van der Waals surface area (Å²) in [6, 6.07) is 8.51. The van der Waals surface area contributed by atoms with Crippen LogP contribution in [0.3, 0.4) is 0 Å². The van der Waals surface area contributed by atoms with Gasteiger partial charge in [0.05, 0.1) is 24.1 Å². The zero-order valence-electron chi connectivity index (χ0n) is 14.8. The van der Waals surface area contributed by atoms with Crippen molar-refractivity contribution in [1.82, 2.24) is 4.72 Å². The number of carbonyl (C=O) groups excluding carboxylic acids is 2. The van der Waals surface area contributed by atoms with Crippen LogP contribution in [0, 0.1) is 18.2 Å². The molecule has 0 amide bonds. The Balaban J connectivity index is 2.00. The van der Waals surface area contributed by atoms with Crippen LogP contribution in [-0.2, 0) is 14.8 Å². The van der Waals surface area contributed by atoms with Gasteiger partial charge in [-0.25, -0.2) is 17.6 Å². The molecular formula is C19H16FNO6S. The molecule has 0 unspecified atom stereocenters. The molecule has 7 nitrogen and oxygen atoms in total. The van der Waals surface area contributed by atoms with Gasteiger partial charge < -0.3 is 9.47 Å². The number of hydrogen-bond acceptors (Lipinski definition) is 6. The lowest BCUT2D eigenvalue weighted by Crippen LogP contribution is -2.24. The molecule has 0 saturated carbocycles. The molecule has 2 aromatic carbocycles. The fourth-order valence-corrected chi connectivity index (χ4v) is 3.06. The molecule has 0 aliphatic carbocycles. The minimum Gasteiger partial charge on any atom is -0.494 e. The number of terminal acetylenes is 1. The Kier molecular flexibility index (Phi) is 6.87. The van der Waals surface area contributed by atoms with Crippen molar-refractivity contribution in [3.63, 3.8) is 0 Å². The summed E-state index contributed by atoms with van der Waals surface area (Å²) < 4.78 is 49.3. The van der Waals surface area contributed by atoms with Crippen LogP contribution in [0.25, 0.3) is 0 Å². The van der Waals surface area contributed by atoms with E-state index in [1.165, 1.54) is 43.5 Å². The number of nitrogens with one attached hydrogen (secondary N) is 1. The molecule has 146 valence electrons. The van der Waals surface area contributed by atoms with Crippen LogP contribution < -0.4 is 9.46 Å². The summed E-state index contributed by atoms with van der Waals surface area (Å²) in [4.78, 5) is 24.0. The fourth-order valence-electron chi connectivity index (χ4n) is 2.13. The zero-order chi connectivity index (χ0) is 20.7. The minimum absolute atomic E-state index is 0.0136. The molecule has 0 fully saturated rings. The number of esters is 1. The quantitative estimate of drug-likeness (QED) is 0.408. The second-order valence-electron chi connectivity index (χ2n) is 5.40. The molecule has 2 rings (SSSR count). The summed E-state index contributed by atoms with van der Waals surface area (Å²) >= 11 is 0. The summed E-state index contributed by atoms with van der Waals surface area (Å²) in [5.74, 6) is -0.0144. The fraction of sp³-hybridized carbons (Fsp3) is 0.158. The Morgan fingerprint density at radius 3 is 2.36 bits per heavy atom. The Morgan fingerprint density at radius 1 is 1.14 bits per heavy atom. The highest BCUT2D eigenvalue weighted by molar-refractivity contribution is 7.89. The zero-order valence-corrected chi connectivity index (χ0v) is 15.6. The lowest BCUT2D eigenvalue weighted by atomic mass is 10.1. The number of ether oxygens (including phenoxy) is 2. The molecular weight excluding hydrogens is 389 g/mol. The van der Waals surface area contributed by atoms with E-state index in [9.17, 15) is 22.4 Å². The van der Waals surface area contributed by atoms with Crippen molar-refractivity contribution in [2.24, 2.45) is 0 Å². The Labute approximate surface area is 161 Å². The van der Waals surface area contributed by atoms with E-state index in [2.05, 4.69) is 10.6 Å². The van der Waals surface area contributed by atoms with Gasteiger partial charge in [-0.15, -0.1) is 6.42 Å². The van der Waals surface area contributed by atoms with Gasteiger partial charge in [-0.05, 0) is 42.5 Å². The number of rotatable bonds is 8. The van der Waals surface area contributed by atoms with E-state index in [-0.39, 0.29) is 28.3 Å². The molecule has 0 saturated heterocycles. The van der Waals surface area contributed by atoms with Gasteiger partial charge in [0.1, 0.15) is 0 Å². The molecule has 0 aliphatic heterocycles. The van der Waals surface area contributed by atoms with Crippen molar-refractivity contribution in [3.8, 4) is 18.1 Å². The smallest absolute Gasteiger partial charge is 0.338 e. The van der Waals surface area contributed by atoms with Gasteiger partial charge in [0.25, 0.3) is 0 Å². The normalized spacial score (nSPS) is 10.8. The van der Waals surface area contributed by atoms with Gasteiger partial charge in [0.2, 0.25) is 10.0 Å². The lowest BCUT2D eigenvalue weighted by Gasteiger charge is -2.07. The highest BCUT2D eigenvalue weighted by Gasteiger charge is 2.16. The maximum Gasteiger partial charge on any atom is 0.338 e. The molecule has 0 heterocycles. The maximum atomic E-state index is 13.6. The first-order chi connectivity index (χ1) is 13.3. The number of ketones is 1. The summed E-state index contributed by atoms with van der Waals surface area (Å²) in [5.41, 5.74) is 0.0664. The molecule has 0 atom stereocenters. The monoisotopic (exact) mass is 405 g/mol. The van der Waals surface area contributed by atoms with E-state index in [4.69, 9.17) is 15.9 Å². The van der Waals surface area contributed by atoms with Gasteiger partial charge in [-0.1, -0.05) is 5.92 Å². The van der Waals surface area contributed by atoms with Gasteiger partial charge >= 0.3 is 5.97 Å². The number of methoxy groups -OCH3 is 1. The highest BCUT2D eigenvalue weighted by Crippen LogP contribution is 2.18. The minimum atomic E-state index is -3.78. The van der Waals surface area contributed by atoms with Crippen LogP contribution in [0.1, 0.15) is 20.7 Å². The third-order valence-corrected chi connectivity index (χ3v) is 4.99. The molecule has 9 heteroatoms. The second-order valence-corrected chi connectivity index (χ2v) is 7.17. The highest BCUT2D eigenvalue weighted by atomic mass is 32.2. The largest absolute Gasteiger partial charge is 0.494 e. The van der Waals surface area contributed by atoms with E-state index in [1.807, 2.05) is 0 Å². The van der Waals surface area contributed by atoms with Crippen LogP contribution in [0.5, 0.6) is 5.75 Å². The Bertz CT molecular complexity index is 1030. The van der Waals surface area contributed by atoms with Gasteiger partial charge in [0.15, 0.2) is 24.0 Å². The van der Waals surface area contributed by atoms with Crippen molar-refractivity contribution < 1.29 is 31.9 Å². The number of Topliss-reactive ketones (excluding diaryl/α,β-unsaturated/α-hetero) is 1. The first-order valence-corrected chi connectivity index (χ1v) is 9.34. The van der Waals surface area contributed by atoms with E-state index in [1.54, 1.807) is 0 Å². The molecule has 0 aromatic heterocycles. The van der Waals surface area contributed by atoms with Crippen molar-refractivity contribution >= 4 is 21.8 Å². The van der Waals surface area contributed by atoms with Gasteiger partial charge in [-0.2, -0.15) is 4.72 Å². The molecule has 0 bridgehead atoms. The van der Waals surface area contributed by atoms with Crippen molar-refractivity contribution in [1.29, 1.82) is 0 Å². The van der Waals surface area contributed by atoms with Crippen molar-refractivity contribution in [2.75, 3.05) is 20.3 Å². The third-order valence-electron chi connectivity index (χ3n) is 3.57. The number of halogens is 1. The predicted octanol–water partition coefficient (Wildman–Crippen LogP) is 1.79. The SMILES string of the molecule is C#CCNS(=O)(=O)c1ccc(C(=O)OCC(=O)c2ccc(OC)c(F)c2)cc1. The summed E-state index contributed by atoms with van der Waals surface area (Å²) in [6.07, 6.45) is 5.01. The standard InChI is InChI=1S/C19H16FNO6S/c1-3-10-21-28(24,25)15-7-4-13(5-8-15)19(23)27-12-17(22)14-6-9-18(26-2)16(20)11-14/h1,4-9,11,21H,10,12H2,2H3. The molecule has 2 aromatic rings. The summed E-state index contributed by atoms with van der Waals surface area (Å²) in [7, 11) is -2.49. The Hall–Kier alpha value is -3.22. The van der Waals surface area contributed by atoms with Gasteiger partial charge in [-0.3, -0.25) is 4.79 Å². The molecule has 0 aliphatic rings. The number of hydrogen-bond donors (Lipinski definition) is 1. The predicted molar refractivity (Wildman–Crippen MR) is 98.0 cm³/mol. The lowest BCUT2D eigenvalue weighted by molar-refractivity contribution is 0.0474. The third kappa shape index (κ3) is 5.16. The molecule has 0 radical (unpaired) electrons. The number of carbonyl (C=O) groups is 2. The van der Waals surface area contributed by atoms with Crippen LogP contribution in [0.15, 0.2) is 47.4 Å². The summed E-state index contributed by atoms with van der Waals surface area (Å²) in [6.45, 7) is -0.769. The van der Waals surface area contributed by atoms with E-state index >= 15 is 0 Å². The van der Waals surface area contributed by atoms with Crippen LogP contribution in [0.4, 0.5) is 4.39 Å². The van der Waals surface area contributed by atoms with Crippen molar-refractivity contribution in [2.45, 2.75) is 4.90 Å². The van der Waals surface area contributed by atoms with Crippen LogP contribution in [-0.4, -0.2) is 40.4 Å². The maximum absolute atomic E-state index is 13.6.